The van der Waals surface area contributed by atoms with Crippen molar-refractivity contribution in [3.05, 3.63) is 58.9 Å². The first-order valence-corrected chi connectivity index (χ1v) is 6.96. The van der Waals surface area contributed by atoms with Crippen molar-refractivity contribution in [2.24, 2.45) is 5.73 Å². The van der Waals surface area contributed by atoms with Gasteiger partial charge in [0.15, 0.2) is 0 Å². The molecule has 104 valence electrons. The van der Waals surface area contributed by atoms with Crippen LogP contribution < -0.4 is 5.73 Å². The highest BCUT2D eigenvalue weighted by atomic mass is 19.1. The molecule has 0 saturated heterocycles. The van der Waals surface area contributed by atoms with Gasteiger partial charge in [-0.05, 0) is 59.3 Å². The van der Waals surface area contributed by atoms with E-state index in [1.54, 1.807) is 0 Å². The molecule has 0 amide bonds. The molecule has 3 rings (SSSR count). The molecule has 0 spiro atoms. The van der Waals surface area contributed by atoms with E-state index in [0.717, 1.165) is 24.2 Å². The monoisotopic (exact) mass is 271 g/mol. The van der Waals surface area contributed by atoms with Crippen molar-refractivity contribution in [1.82, 2.24) is 0 Å². The Morgan fingerprint density at radius 2 is 1.85 bits per heavy atom. The second kappa shape index (κ2) is 5.73. The Labute approximate surface area is 118 Å². The van der Waals surface area contributed by atoms with Crippen molar-refractivity contribution in [2.75, 3.05) is 13.2 Å². The van der Waals surface area contributed by atoms with Gasteiger partial charge in [-0.15, -0.1) is 0 Å². The Hall–Kier alpha value is -1.71. The van der Waals surface area contributed by atoms with E-state index >= 15 is 0 Å². The first kappa shape index (κ1) is 13.3. The van der Waals surface area contributed by atoms with E-state index in [9.17, 15) is 4.39 Å². The van der Waals surface area contributed by atoms with E-state index in [4.69, 9.17) is 10.5 Å². The Morgan fingerprint density at radius 3 is 2.70 bits per heavy atom. The van der Waals surface area contributed by atoms with Gasteiger partial charge in [0.05, 0.1) is 13.2 Å². The Balaban J connectivity index is 1.98. The molecule has 2 N–H and O–H groups in total. The quantitative estimate of drug-likeness (QED) is 0.931. The van der Waals surface area contributed by atoms with Gasteiger partial charge >= 0.3 is 0 Å². The highest BCUT2D eigenvalue weighted by Gasteiger charge is 2.11. The minimum Gasteiger partial charge on any atom is -0.376 e. The first-order chi connectivity index (χ1) is 9.78. The zero-order chi connectivity index (χ0) is 13.9. The molecule has 0 unspecified atom stereocenters. The number of nitrogens with two attached hydrogens (primary N) is 1. The van der Waals surface area contributed by atoms with Crippen molar-refractivity contribution < 1.29 is 9.13 Å². The summed E-state index contributed by atoms with van der Waals surface area (Å²) >= 11 is 0. The molecule has 0 aromatic heterocycles. The number of benzene rings is 2. The van der Waals surface area contributed by atoms with Crippen molar-refractivity contribution >= 4 is 0 Å². The number of halogens is 1. The molecule has 2 aromatic rings. The summed E-state index contributed by atoms with van der Waals surface area (Å²) in [6.45, 7) is 1.93. The zero-order valence-electron chi connectivity index (χ0n) is 11.4. The molecule has 2 nitrogen and oxygen atoms in total. The SMILES string of the molecule is NCCc1cc(-c2ccc3c(c2)CCOC3)ccc1F. The molecule has 1 aliphatic rings. The standard InChI is InChI=1S/C17H18FNO/c18-17-4-3-13(10-15(17)5-7-19)12-1-2-16-11-20-8-6-14(16)9-12/h1-4,9-10H,5-8,11,19H2. The molecule has 0 aliphatic carbocycles. The van der Waals surface area contributed by atoms with Gasteiger partial charge in [0.1, 0.15) is 5.82 Å². The summed E-state index contributed by atoms with van der Waals surface area (Å²) in [6.07, 6.45) is 1.51. The van der Waals surface area contributed by atoms with Gasteiger partial charge in [0.2, 0.25) is 0 Å². The number of fused-ring (bicyclic) bond motifs is 1. The molecular weight excluding hydrogens is 253 g/mol. The second-order valence-corrected chi connectivity index (χ2v) is 5.13. The second-order valence-electron chi connectivity index (χ2n) is 5.13. The normalized spacial score (nSPS) is 14.1. The predicted molar refractivity (Wildman–Crippen MR) is 78.0 cm³/mol. The highest BCUT2D eigenvalue weighted by molar-refractivity contribution is 5.66. The first-order valence-electron chi connectivity index (χ1n) is 6.96. The lowest BCUT2D eigenvalue weighted by molar-refractivity contribution is 0.111. The number of ether oxygens (including phenoxy) is 1. The molecule has 0 saturated carbocycles. The molecular formula is C17H18FNO. The van der Waals surface area contributed by atoms with Crippen molar-refractivity contribution in [1.29, 1.82) is 0 Å². The Kier molecular flexibility index (Phi) is 3.81. The maximum Gasteiger partial charge on any atom is 0.126 e. The molecule has 0 fully saturated rings. The van der Waals surface area contributed by atoms with E-state index in [-0.39, 0.29) is 5.82 Å². The highest BCUT2D eigenvalue weighted by Crippen LogP contribution is 2.27. The summed E-state index contributed by atoms with van der Waals surface area (Å²) in [4.78, 5) is 0. The summed E-state index contributed by atoms with van der Waals surface area (Å²) in [7, 11) is 0. The van der Waals surface area contributed by atoms with E-state index in [1.807, 2.05) is 12.1 Å². The number of hydrogen-bond donors (Lipinski definition) is 1. The maximum atomic E-state index is 13.7. The molecule has 1 heterocycles. The predicted octanol–water partition coefficient (Wildman–Crippen LogP) is 3.07. The average Bonchev–Trinajstić information content (AvgIpc) is 2.49. The average molecular weight is 271 g/mol. The van der Waals surface area contributed by atoms with Crippen LogP contribution in [0.5, 0.6) is 0 Å². The van der Waals surface area contributed by atoms with Crippen molar-refractivity contribution in [3.8, 4) is 11.1 Å². The molecule has 2 aromatic carbocycles. The van der Waals surface area contributed by atoms with Crippen LogP contribution in [0.2, 0.25) is 0 Å². The Morgan fingerprint density at radius 1 is 1.05 bits per heavy atom. The number of hydrogen-bond acceptors (Lipinski definition) is 2. The van der Waals surface area contributed by atoms with Crippen LogP contribution in [0.15, 0.2) is 36.4 Å². The van der Waals surface area contributed by atoms with Crippen LogP contribution >= 0.6 is 0 Å². The van der Waals surface area contributed by atoms with Gasteiger partial charge < -0.3 is 10.5 Å². The third-order valence-electron chi connectivity index (χ3n) is 3.77. The van der Waals surface area contributed by atoms with Crippen LogP contribution in [0.1, 0.15) is 16.7 Å². The van der Waals surface area contributed by atoms with Crippen LogP contribution in [0, 0.1) is 5.82 Å². The van der Waals surface area contributed by atoms with Crippen LogP contribution in [-0.2, 0) is 24.2 Å². The van der Waals surface area contributed by atoms with Crippen molar-refractivity contribution in [3.63, 3.8) is 0 Å². The topological polar surface area (TPSA) is 35.2 Å². The van der Waals surface area contributed by atoms with E-state index < -0.39 is 0 Å². The fraction of sp³-hybridized carbons (Fsp3) is 0.294. The molecule has 0 radical (unpaired) electrons. The minimum absolute atomic E-state index is 0.175. The molecule has 0 atom stereocenters. The van der Waals surface area contributed by atoms with Crippen molar-refractivity contribution in [2.45, 2.75) is 19.4 Å². The van der Waals surface area contributed by atoms with Gasteiger partial charge in [-0.25, -0.2) is 4.39 Å². The van der Waals surface area contributed by atoms with Gasteiger partial charge in [0.25, 0.3) is 0 Å². The van der Waals surface area contributed by atoms with Crippen LogP contribution in [0.25, 0.3) is 11.1 Å². The molecule has 3 heteroatoms. The third-order valence-corrected chi connectivity index (χ3v) is 3.77. The van der Waals surface area contributed by atoms with Crippen LogP contribution in [0.4, 0.5) is 4.39 Å². The summed E-state index contributed by atoms with van der Waals surface area (Å²) in [5.41, 5.74) is 11.0. The van der Waals surface area contributed by atoms with Crippen LogP contribution in [-0.4, -0.2) is 13.2 Å². The third kappa shape index (κ3) is 2.60. The lowest BCUT2D eigenvalue weighted by atomic mass is 9.95. The van der Waals surface area contributed by atoms with Gasteiger partial charge in [-0.1, -0.05) is 24.3 Å². The van der Waals surface area contributed by atoms with E-state index in [2.05, 4.69) is 18.2 Å². The molecule has 20 heavy (non-hydrogen) atoms. The largest absolute Gasteiger partial charge is 0.376 e. The molecule has 0 bridgehead atoms. The number of rotatable bonds is 3. The summed E-state index contributed by atoms with van der Waals surface area (Å²) in [5.74, 6) is -0.175. The van der Waals surface area contributed by atoms with E-state index in [1.165, 1.54) is 17.2 Å². The fourth-order valence-electron chi connectivity index (χ4n) is 2.64. The fourth-order valence-corrected chi connectivity index (χ4v) is 2.64. The van der Waals surface area contributed by atoms with Gasteiger partial charge in [-0.2, -0.15) is 0 Å². The maximum absolute atomic E-state index is 13.7. The summed E-state index contributed by atoms with van der Waals surface area (Å²) in [5, 5.41) is 0. The Bertz CT molecular complexity index is 624. The lowest BCUT2D eigenvalue weighted by Gasteiger charge is -2.17. The minimum atomic E-state index is -0.175. The lowest BCUT2D eigenvalue weighted by Crippen LogP contribution is -2.09. The smallest absolute Gasteiger partial charge is 0.126 e. The summed E-state index contributed by atoms with van der Waals surface area (Å²) in [6, 6.07) is 11.6. The van der Waals surface area contributed by atoms with Gasteiger partial charge in [-0.3, -0.25) is 0 Å². The zero-order valence-corrected chi connectivity index (χ0v) is 11.4. The van der Waals surface area contributed by atoms with Gasteiger partial charge in [0, 0.05) is 0 Å². The van der Waals surface area contributed by atoms with Crippen LogP contribution in [0.3, 0.4) is 0 Å². The molecule has 1 aliphatic heterocycles. The summed E-state index contributed by atoms with van der Waals surface area (Å²) < 4.78 is 19.1. The van der Waals surface area contributed by atoms with E-state index in [0.29, 0.717) is 25.1 Å².